The lowest BCUT2D eigenvalue weighted by Crippen LogP contribution is -2.52. The second kappa shape index (κ2) is 15.5. The summed E-state index contributed by atoms with van der Waals surface area (Å²) in [5.41, 5.74) is 11.2. The van der Waals surface area contributed by atoms with E-state index in [4.69, 9.17) is 14.7 Å². The van der Waals surface area contributed by atoms with Gasteiger partial charge in [0.25, 0.3) is 5.91 Å². The molecule has 4 amide bonds. The average Bonchev–Trinajstić information content (AvgIpc) is 4.11. The molecule has 2 aliphatic rings. The molecule has 4 heterocycles. The molecule has 5 aromatic carbocycles. The molecule has 4 N–H and O–H groups in total. The summed E-state index contributed by atoms with van der Waals surface area (Å²) in [6, 6.07) is 37.7. The van der Waals surface area contributed by atoms with Crippen LogP contribution >= 0.6 is 0 Å². The van der Waals surface area contributed by atoms with Crippen LogP contribution in [0.1, 0.15) is 61.1 Å². The number of carbonyl (C=O) groups is 3. The molecular weight excluding hydrogens is 733 g/mol. The van der Waals surface area contributed by atoms with Crippen LogP contribution in [0.5, 0.6) is 0 Å². The summed E-state index contributed by atoms with van der Waals surface area (Å²) in [6.07, 6.45) is 1.18. The number of para-hydroxylation sites is 1. The number of carbonyl (C=O) groups excluding carboxylic acids is 3. The Morgan fingerprint density at radius 2 is 1.21 bits per heavy atom. The van der Waals surface area contributed by atoms with Crippen LogP contribution in [-0.4, -0.2) is 73.1 Å². The zero-order chi connectivity index (χ0) is 39.8. The molecule has 0 aliphatic carbocycles. The van der Waals surface area contributed by atoms with Crippen LogP contribution in [0.4, 0.5) is 15.3 Å². The second-order valence-corrected chi connectivity index (χ2v) is 14.7. The van der Waals surface area contributed by atoms with E-state index in [0.29, 0.717) is 30.2 Å². The number of aromatic amines is 2. The number of nitrogens with zero attached hydrogens (tertiary/aromatic N) is 5. The normalized spacial score (nSPS) is 17.1. The molecule has 0 radical (unpaired) electrons. The molecule has 2 fully saturated rings. The molecule has 0 bridgehead atoms. The topological polar surface area (TPSA) is 160 Å². The smallest absolute Gasteiger partial charge is 0.426 e. The molecule has 3 atom stereocenters. The SMILES string of the molecule is COC(=O)NN(C(=O)N1CCC[C@H]1c1nc2ccc(-c3ccc(-c4ccc5nc([C@@H]6CCCN6C(=O)[C@H](O)c6ccccc6)[nH]c5c4)cc3)cc2[nH]1)c1ccccc1. The number of nitrogens with one attached hydrogen (secondary N) is 3. The largest absolute Gasteiger partial charge is 0.452 e. The van der Waals surface area contributed by atoms with Gasteiger partial charge in [0.2, 0.25) is 0 Å². The van der Waals surface area contributed by atoms with Gasteiger partial charge < -0.3 is 29.6 Å². The number of hydrazine groups is 1. The number of aliphatic hydroxyl groups is 1. The Kier molecular flexibility index (Phi) is 9.80. The molecule has 2 saturated heterocycles. The molecule has 7 aromatic rings. The number of anilines is 1. The van der Waals surface area contributed by atoms with Crippen LogP contribution in [0.25, 0.3) is 44.3 Å². The van der Waals surface area contributed by atoms with Gasteiger partial charge in [-0.1, -0.05) is 84.9 Å². The van der Waals surface area contributed by atoms with Gasteiger partial charge in [-0.3, -0.25) is 4.79 Å². The van der Waals surface area contributed by atoms with E-state index < -0.39 is 12.2 Å². The highest BCUT2D eigenvalue weighted by Crippen LogP contribution is 2.36. The number of aliphatic hydroxyl groups excluding tert-OH is 1. The van der Waals surface area contributed by atoms with Crippen LogP contribution in [-0.2, 0) is 9.53 Å². The van der Waals surface area contributed by atoms with Crippen molar-refractivity contribution in [2.75, 3.05) is 25.2 Å². The van der Waals surface area contributed by atoms with E-state index in [9.17, 15) is 19.5 Å². The predicted molar refractivity (Wildman–Crippen MR) is 220 cm³/mol. The zero-order valence-corrected chi connectivity index (χ0v) is 31.8. The average molecular weight is 775 g/mol. The van der Waals surface area contributed by atoms with E-state index in [-0.39, 0.29) is 24.0 Å². The van der Waals surface area contributed by atoms with E-state index >= 15 is 0 Å². The number of ether oxygens (including phenoxy) is 1. The van der Waals surface area contributed by atoms with Crippen molar-refractivity contribution >= 4 is 45.8 Å². The second-order valence-electron chi connectivity index (χ2n) is 14.7. The zero-order valence-electron chi connectivity index (χ0n) is 31.8. The van der Waals surface area contributed by atoms with Gasteiger partial charge in [0.1, 0.15) is 11.6 Å². The third-order valence-electron chi connectivity index (χ3n) is 11.2. The first-order chi connectivity index (χ1) is 28.3. The van der Waals surface area contributed by atoms with Crippen molar-refractivity contribution in [2.24, 2.45) is 0 Å². The van der Waals surface area contributed by atoms with Gasteiger partial charge >= 0.3 is 12.1 Å². The summed E-state index contributed by atoms with van der Waals surface area (Å²) < 4.78 is 4.80. The van der Waals surface area contributed by atoms with Gasteiger partial charge in [-0.05, 0) is 89.9 Å². The number of aromatic nitrogens is 4. The lowest BCUT2D eigenvalue weighted by molar-refractivity contribution is -0.141. The van der Waals surface area contributed by atoms with Crippen LogP contribution in [0.2, 0.25) is 0 Å². The summed E-state index contributed by atoms with van der Waals surface area (Å²) in [6.45, 7) is 1.08. The number of benzene rings is 5. The van der Waals surface area contributed by atoms with Gasteiger partial charge in [0.05, 0.1) is 46.9 Å². The summed E-state index contributed by atoms with van der Waals surface area (Å²) in [5.74, 6) is 1.10. The summed E-state index contributed by atoms with van der Waals surface area (Å²) in [7, 11) is 1.26. The third-order valence-corrected chi connectivity index (χ3v) is 11.2. The van der Waals surface area contributed by atoms with Crippen LogP contribution in [0.3, 0.4) is 0 Å². The monoisotopic (exact) mass is 774 g/mol. The third kappa shape index (κ3) is 7.00. The van der Waals surface area contributed by atoms with Crippen molar-refractivity contribution in [3.8, 4) is 22.3 Å². The minimum Gasteiger partial charge on any atom is -0.452 e. The predicted octanol–water partition coefficient (Wildman–Crippen LogP) is 8.20. The van der Waals surface area contributed by atoms with E-state index in [1.807, 2.05) is 42.5 Å². The molecule has 0 saturated carbocycles. The maximum Gasteiger partial charge on any atom is 0.426 e. The van der Waals surface area contributed by atoms with Gasteiger partial charge in [0.15, 0.2) is 6.10 Å². The molecule has 2 aromatic heterocycles. The fourth-order valence-electron chi connectivity index (χ4n) is 8.18. The fraction of sp³-hybridized carbons (Fsp3) is 0.222. The number of hydrogen-bond acceptors (Lipinski definition) is 7. The minimum absolute atomic E-state index is 0.232. The Hall–Kier alpha value is -6.99. The number of urea groups is 1. The first-order valence-corrected chi connectivity index (χ1v) is 19.5. The van der Waals surface area contributed by atoms with Crippen molar-refractivity contribution in [2.45, 2.75) is 43.9 Å². The van der Waals surface area contributed by atoms with E-state index in [0.717, 1.165) is 75.8 Å². The maximum absolute atomic E-state index is 13.9. The summed E-state index contributed by atoms with van der Waals surface area (Å²) in [4.78, 5) is 59.7. The molecule has 2 aliphatic heterocycles. The Labute approximate surface area is 334 Å². The van der Waals surface area contributed by atoms with Gasteiger partial charge in [0, 0.05) is 13.1 Å². The van der Waals surface area contributed by atoms with Gasteiger partial charge in [-0.15, -0.1) is 0 Å². The first kappa shape index (κ1) is 36.6. The van der Waals surface area contributed by atoms with Crippen molar-refractivity contribution < 1.29 is 24.2 Å². The number of hydrogen-bond donors (Lipinski definition) is 4. The quantitative estimate of drug-likeness (QED) is 0.119. The van der Waals surface area contributed by atoms with Crippen molar-refractivity contribution in [1.82, 2.24) is 35.2 Å². The number of rotatable bonds is 7. The van der Waals surface area contributed by atoms with Crippen molar-refractivity contribution in [3.63, 3.8) is 0 Å². The first-order valence-electron chi connectivity index (χ1n) is 19.5. The molecule has 292 valence electrons. The highest BCUT2D eigenvalue weighted by atomic mass is 16.5. The maximum atomic E-state index is 13.9. The van der Waals surface area contributed by atoms with Crippen LogP contribution in [0, 0.1) is 0 Å². The number of likely N-dealkylation sites (tertiary alicyclic amines) is 2. The standard InChI is InChI=1S/C45H42N8O5/c1-58-44(56)50-53(33-12-6-3-7-13-33)45(57)52-25-9-15-39(52)42-47-35-23-21-32(27-37(35)49-42)29-18-16-28(17-19-29)31-20-22-34-36(26-31)48-41(46-34)38-14-8-24-51(38)43(55)40(54)30-10-4-2-5-11-30/h2-7,10-13,16-23,26-27,38-40,54H,8-9,14-15,24-25H2,1H3,(H,46,48)(H,47,49)(H,50,56)/t38-,39-,40+/m0/s1. The van der Waals surface area contributed by atoms with Crippen LogP contribution < -0.4 is 10.4 Å². The number of imidazole rings is 2. The Bertz CT molecular complexity index is 2610. The number of methoxy groups -OCH3 is 1. The molecule has 0 spiro atoms. The number of H-pyrrole nitrogens is 2. The number of amides is 4. The Balaban J connectivity index is 0.910. The van der Waals surface area contributed by atoms with Crippen LogP contribution in [0.15, 0.2) is 121 Å². The minimum atomic E-state index is -1.21. The Morgan fingerprint density at radius 1 is 0.707 bits per heavy atom. The molecule has 13 heteroatoms. The van der Waals surface area contributed by atoms with E-state index in [2.05, 4.69) is 57.9 Å². The molecule has 58 heavy (non-hydrogen) atoms. The van der Waals surface area contributed by atoms with E-state index in [1.54, 1.807) is 46.2 Å². The fourth-order valence-corrected chi connectivity index (χ4v) is 8.18. The molecule has 9 rings (SSSR count). The lowest BCUT2D eigenvalue weighted by Gasteiger charge is -2.30. The number of fused-ring (bicyclic) bond motifs is 2. The van der Waals surface area contributed by atoms with Crippen molar-refractivity contribution in [3.05, 3.63) is 139 Å². The summed E-state index contributed by atoms with van der Waals surface area (Å²) >= 11 is 0. The highest BCUT2D eigenvalue weighted by Gasteiger charge is 2.37. The van der Waals surface area contributed by atoms with Gasteiger partial charge in [-0.25, -0.2) is 25.0 Å². The molecular formula is C45H42N8O5. The highest BCUT2D eigenvalue weighted by molar-refractivity contribution is 5.94. The molecule has 0 unspecified atom stereocenters. The molecule has 13 nitrogen and oxygen atoms in total. The Morgan fingerprint density at radius 3 is 1.76 bits per heavy atom. The lowest BCUT2D eigenvalue weighted by atomic mass is 10.00. The van der Waals surface area contributed by atoms with Crippen molar-refractivity contribution in [1.29, 1.82) is 0 Å². The summed E-state index contributed by atoms with van der Waals surface area (Å²) in [5, 5.41) is 12.1. The van der Waals surface area contributed by atoms with Gasteiger partial charge in [-0.2, -0.15) is 5.01 Å². The van der Waals surface area contributed by atoms with E-state index in [1.165, 1.54) is 12.1 Å².